The first-order valence-electron chi connectivity index (χ1n) is 19.9. The fourth-order valence-corrected chi connectivity index (χ4v) is 9.96. The van der Waals surface area contributed by atoms with Gasteiger partial charge >= 0.3 is 0 Å². The van der Waals surface area contributed by atoms with Crippen LogP contribution < -0.4 is 14.5 Å². The number of benzene rings is 9. The third kappa shape index (κ3) is 5.54. The molecule has 0 saturated heterocycles. The molecule has 2 aliphatic rings. The second-order valence-corrected chi connectivity index (χ2v) is 16.1. The average molecular weight is 774 g/mol. The van der Waals surface area contributed by atoms with Crippen LogP contribution in [0.5, 0.6) is 11.5 Å². The Labute approximate surface area is 346 Å². The molecule has 0 unspecified atom stereocenters. The van der Waals surface area contributed by atoms with Gasteiger partial charge in [-0.25, -0.2) is 0 Å². The molecule has 5 heteroatoms. The lowest BCUT2D eigenvalue weighted by atomic mass is 10.0. The van der Waals surface area contributed by atoms with E-state index in [2.05, 4.69) is 215 Å². The van der Waals surface area contributed by atoms with Crippen molar-refractivity contribution in [2.75, 3.05) is 9.80 Å². The number of fused-ring (bicyclic) bond motifs is 7. The molecule has 0 aliphatic carbocycles. The van der Waals surface area contributed by atoms with E-state index in [0.29, 0.717) is 0 Å². The smallest absolute Gasteiger partial charge is 0.152 e. The number of hydrogen-bond donors (Lipinski definition) is 0. The third-order valence-corrected chi connectivity index (χ3v) is 12.6. The maximum atomic E-state index is 6.60. The second kappa shape index (κ2) is 13.6. The van der Waals surface area contributed by atoms with Crippen LogP contribution >= 0.6 is 11.8 Å². The van der Waals surface area contributed by atoms with Crippen LogP contribution in [0.2, 0.25) is 0 Å². The Morgan fingerprint density at radius 1 is 0.322 bits per heavy atom. The monoisotopic (exact) mass is 773 g/mol. The summed E-state index contributed by atoms with van der Waals surface area (Å²) in [6, 6.07) is 76.1. The molecule has 0 N–H and O–H groups in total. The summed E-state index contributed by atoms with van der Waals surface area (Å²) in [4.78, 5) is 7.10. The molecule has 0 spiro atoms. The van der Waals surface area contributed by atoms with Gasteiger partial charge in [-0.1, -0.05) is 121 Å². The molecule has 12 rings (SSSR count). The van der Waals surface area contributed by atoms with E-state index in [1.54, 1.807) is 0 Å². The third-order valence-electron chi connectivity index (χ3n) is 11.5. The van der Waals surface area contributed by atoms with E-state index >= 15 is 0 Å². The predicted octanol–water partition coefficient (Wildman–Crippen LogP) is 15.6. The second-order valence-electron chi connectivity index (χ2n) is 15.0. The maximum absolute atomic E-state index is 6.60. The first kappa shape index (κ1) is 33.6. The van der Waals surface area contributed by atoms with Gasteiger partial charge in [0.05, 0.1) is 33.8 Å². The molecule has 0 atom stereocenters. The molecule has 1 aromatic heterocycles. The topological polar surface area (TPSA) is 20.6 Å². The molecule has 2 aliphatic heterocycles. The quantitative estimate of drug-likeness (QED) is 0.174. The van der Waals surface area contributed by atoms with E-state index in [1.807, 2.05) is 23.9 Å². The van der Waals surface area contributed by atoms with Crippen LogP contribution in [-0.4, -0.2) is 4.57 Å². The number of ether oxygens (including phenoxy) is 1. The Hall–Kier alpha value is -7.47. The molecule has 3 heterocycles. The Bertz CT molecular complexity index is 3230. The zero-order chi connectivity index (χ0) is 38.9. The van der Waals surface area contributed by atoms with Crippen LogP contribution in [0.3, 0.4) is 0 Å². The van der Waals surface area contributed by atoms with E-state index in [1.165, 1.54) is 54.1 Å². The number of rotatable bonds is 5. The fourth-order valence-electron chi connectivity index (χ4n) is 8.82. The molecule has 0 fully saturated rings. The minimum Gasteiger partial charge on any atom is -0.453 e. The SMILES string of the molecule is c1ccc(N2c3ccccc3Oc3cc(-c4ccc5c(c4)Sc4cc(-c6ccc7c(c6)c6ccccc6n7-c6ccccc6)ccc4N5c4ccccc4)ccc32)cc1. The largest absolute Gasteiger partial charge is 0.453 e. The van der Waals surface area contributed by atoms with Gasteiger partial charge < -0.3 is 19.1 Å². The lowest BCUT2D eigenvalue weighted by molar-refractivity contribution is 0.477. The number of para-hydroxylation sites is 6. The first-order chi connectivity index (χ1) is 29.2. The number of hydrogen-bond acceptors (Lipinski definition) is 4. The summed E-state index contributed by atoms with van der Waals surface area (Å²) in [5, 5.41) is 2.50. The summed E-state index contributed by atoms with van der Waals surface area (Å²) in [6.07, 6.45) is 0. The van der Waals surface area contributed by atoms with Crippen molar-refractivity contribution in [1.82, 2.24) is 4.57 Å². The van der Waals surface area contributed by atoms with Crippen molar-refractivity contribution >= 4 is 67.7 Å². The Morgan fingerprint density at radius 2 is 0.797 bits per heavy atom. The lowest BCUT2D eigenvalue weighted by Crippen LogP contribution is -2.15. The van der Waals surface area contributed by atoms with Gasteiger partial charge in [0.2, 0.25) is 0 Å². The highest BCUT2D eigenvalue weighted by molar-refractivity contribution is 7.99. The van der Waals surface area contributed by atoms with Crippen molar-refractivity contribution in [3.05, 3.63) is 212 Å². The van der Waals surface area contributed by atoms with Crippen molar-refractivity contribution in [2.24, 2.45) is 0 Å². The van der Waals surface area contributed by atoms with Crippen LogP contribution in [0, 0.1) is 0 Å². The summed E-state index contributed by atoms with van der Waals surface area (Å²) in [6.45, 7) is 0. The Balaban J connectivity index is 0.949. The van der Waals surface area contributed by atoms with Gasteiger partial charge in [-0.05, 0) is 125 Å². The van der Waals surface area contributed by atoms with Crippen molar-refractivity contribution in [2.45, 2.75) is 9.79 Å². The molecular weight excluding hydrogens is 739 g/mol. The lowest BCUT2D eigenvalue weighted by Gasteiger charge is -2.34. The molecule has 0 bridgehead atoms. The van der Waals surface area contributed by atoms with Gasteiger partial charge in [0.25, 0.3) is 0 Å². The van der Waals surface area contributed by atoms with Gasteiger partial charge in [-0.15, -0.1) is 0 Å². The van der Waals surface area contributed by atoms with Crippen LogP contribution in [0.25, 0.3) is 49.7 Å². The Kier molecular flexibility index (Phi) is 7.75. The summed E-state index contributed by atoms with van der Waals surface area (Å²) < 4.78 is 8.97. The highest BCUT2D eigenvalue weighted by Crippen LogP contribution is 2.55. The van der Waals surface area contributed by atoms with Crippen LogP contribution in [0.1, 0.15) is 0 Å². The minimum absolute atomic E-state index is 0.834. The number of anilines is 6. The summed E-state index contributed by atoms with van der Waals surface area (Å²) in [7, 11) is 0. The predicted molar refractivity (Wildman–Crippen MR) is 245 cm³/mol. The standard InChI is InChI=1S/C54H35N3OS/c1-4-14-40(15-5-1)55-45-21-11-10-20-43(45)44-32-36(24-28-46(44)55)38-26-30-49-53(34-38)59-54-35-39(27-31-50(54)57(49)42-18-8-3-9-19-42)37-25-29-48-52(33-37)58-51-23-13-12-22-47(51)56(48)41-16-6-2-7-17-41/h1-35H. The van der Waals surface area contributed by atoms with Crippen LogP contribution in [0.4, 0.5) is 34.1 Å². The summed E-state index contributed by atoms with van der Waals surface area (Å²) in [5.41, 5.74) is 14.8. The molecule has 0 amide bonds. The first-order valence-corrected chi connectivity index (χ1v) is 20.7. The zero-order valence-corrected chi connectivity index (χ0v) is 32.7. The molecule has 10 aromatic rings. The number of nitrogens with zero attached hydrogens (tertiary/aromatic N) is 3. The van der Waals surface area contributed by atoms with Crippen molar-refractivity contribution in [3.63, 3.8) is 0 Å². The van der Waals surface area contributed by atoms with Gasteiger partial charge in [0, 0.05) is 37.6 Å². The summed E-state index contributed by atoms with van der Waals surface area (Å²) >= 11 is 1.84. The van der Waals surface area contributed by atoms with Crippen LogP contribution in [-0.2, 0) is 0 Å². The molecular formula is C54H35N3OS. The molecule has 9 aromatic carbocycles. The van der Waals surface area contributed by atoms with Crippen molar-refractivity contribution < 1.29 is 4.74 Å². The van der Waals surface area contributed by atoms with E-state index in [-0.39, 0.29) is 0 Å². The molecule has 0 saturated carbocycles. The van der Waals surface area contributed by atoms with Crippen molar-refractivity contribution in [1.29, 1.82) is 0 Å². The van der Waals surface area contributed by atoms with Crippen molar-refractivity contribution in [3.8, 4) is 39.4 Å². The normalized spacial score (nSPS) is 12.7. The van der Waals surface area contributed by atoms with Gasteiger partial charge in [-0.3, -0.25) is 0 Å². The minimum atomic E-state index is 0.834. The molecule has 0 radical (unpaired) electrons. The van der Waals surface area contributed by atoms with E-state index in [4.69, 9.17) is 4.74 Å². The van der Waals surface area contributed by atoms with E-state index in [9.17, 15) is 0 Å². The van der Waals surface area contributed by atoms with Gasteiger partial charge in [0.1, 0.15) is 0 Å². The van der Waals surface area contributed by atoms with E-state index < -0.39 is 0 Å². The average Bonchev–Trinajstić information content (AvgIpc) is 3.64. The zero-order valence-electron chi connectivity index (χ0n) is 31.9. The van der Waals surface area contributed by atoms with Gasteiger partial charge in [-0.2, -0.15) is 0 Å². The maximum Gasteiger partial charge on any atom is 0.152 e. The fraction of sp³-hybridized carbons (Fsp3) is 0. The Morgan fingerprint density at radius 3 is 1.47 bits per heavy atom. The molecule has 59 heavy (non-hydrogen) atoms. The summed E-state index contributed by atoms with van der Waals surface area (Å²) in [5.74, 6) is 1.68. The van der Waals surface area contributed by atoms with E-state index in [0.717, 1.165) is 51.1 Å². The number of aromatic nitrogens is 1. The molecule has 4 nitrogen and oxygen atoms in total. The van der Waals surface area contributed by atoms with Gasteiger partial charge in [0.15, 0.2) is 11.5 Å². The van der Waals surface area contributed by atoms with Crippen LogP contribution in [0.15, 0.2) is 222 Å². The highest BCUT2D eigenvalue weighted by atomic mass is 32.2. The highest BCUT2D eigenvalue weighted by Gasteiger charge is 2.28. The molecule has 278 valence electrons.